The Labute approximate surface area is 184 Å². The molecule has 164 valence electrons. The molecule has 0 radical (unpaired) electrons. The number of benzene rings is 1. The average Bonchev–Trinajstić information content (AvgIpc) is 2.81. The Bertz CT molecular complexity index is 850. The molecule has 1 aromatic heterocycles. The van der Waals surface area contributed by atoms with Crippen molar-refractivity contribution in [3.8, 4) is 0 Å². The molecule has 1 aromatic carbocycles. The molecule has 2 amide bonds. The fourth-order valence-electron chi connectivity index (χ4n) is 4.68. The van der Waals surface area contributed by atoms with Crippen LogP contribution in [-0.4, -0.2) is 58.8 Å². The molecule has 0 aliphatic carbocycles. The summed E-state index contributed by atoms with van der Waals surface area (Å²) in [5, 5.41) is 2.93. The topological polar surface area (TPSA) is 65.5 Å². The fraction of sp³-hybridized carbons (Fsp3) is 0.480. The molecule has 2 aliphatic rings. The largest absolute Gasteiger partial charge is 0.353 e. The van der Waals surface area contributed by atoms with Crippen LogP contribution in [-0.2, 0) is 22.6 Å². The summed E-state index contributed by atoms with van der Waals surface area (Å²) in [6.45, 7) is 3.61. The summed E-state index contributed by atoms with van der Waals surface area (Å²) in [6.07, 6.45) is 8.20. The van der Waals surface area contributed by atoms with E-state index in [1.165, 1.54) is 12.0 Å². The lowest BCUT2D eigenvalue weighted by Gasteiger charge is -2.37. The molecule has 1 N–H and O–H groups in total. The number of rotatable bonds is 7. The Morgan fingerprint density at radius 1 is 1.03 bits per heavy atom. The second-order valence-electron chi connectivity index (χ2n) is 8.69. The molecule has 31 heavy (non-hydrogen) atoms. The second kappa shape index (κ2) is 10.5. The number of nitrogens with zero attached hydrogens (tertiary/aromatic N) is 3. The zero-order valence-electron chi connectivity index (χ0n) is 18.1. The third-order valence-electron chi connectivity index (χ3n) is 6.57. The van der Waals surface area contributed by atoms with Gasteiger partial charge in [-0.05, 0) is 48.8 Å². The molecule has 2 fully saturated rings. The molecular formula is C25H32N4O2. The number of carbonyl (C=O) groups is 2. The molecule has 6 nitrogen and oxygen atoms in total. The Kier molecular flexibility index (Phi) is 7.30. The van der Waals surface area contributed by atoms with E-state index in [4.69, 9.17) is 0 Å². The van der Waals surface area contributed by atoms with Gasteiger partial charge in [0.15, 0.2) is 0 Å². The van der Waals surface area contributed by atoms with E-state index in [1.807, 2.05) is 23.2 Å². The van der Waals surface area contributed by atoms with Crippen LogP contribution in [0.5, 0.6) is 0 Å². The van der Waals surface area contributed by atoms with Crippen molar-refractivity contribution in [1.82, 2.24) is 20.1 Å². The predicted octanol–water partition coefficient (Wildman–Crippen LogP) is 2.64. The van der Waals surface area contributed by atoms with Gasteiger partial charge in [0.05, 0.1) is 12.5 Å². The van der Waals surface area contributed by atoms with Crippen LogP contribution in [0.4, 0.5) is 0 Å². The van der Waals surface area contributed by atoms with Crippen molar-refractivity contribution >= 4 is 11.8 Å². The maximum Gasteiger partial charge on any atom is 0.237 e. The van der Waals surface area contributed by atoms with E-state index in [1.54, 1.807) is 6.20 Å². The first-order valence-electron chi connectivity index (χ1n) is 11.4. The number of carbonyl (C=O) groups excluding carboxylic acids is 2. The molecule has 2 saturated heterocycles. The number of piperazine rings is 1. The molecule has 3 heterocycles. The molecule has 2 aliphatic heterocycles. The van der Waals surface area contributed by atoms with Crippen LogP contribution in [0.15, 0.2) is 54.9 Å². The number of piperidine rings is 1. The molecule has 6 heteroatoms. The van der Waals surface area contributed by atoms with E-state index in [-0.39, 0.29) is 18.2 Å². The van der Waals surface area contributed by atoms with Crippen molar-refractivity contribution in [2.75, 3.05) is 26.2 Å². The Morgan fingerprint density at radius 2 is 1.81 bits per heavy atom. The summed E-state index contributed by atoms with van der Waals surface area (Å²) in [5.74, 6) is 0.727. The van der Waals surface area contributed by atoms with Crippen molar-refractivity contribution in [2.45, 2.75) is 44.7 Å². The number of aryl methyl sites for hydroxylation is 1. The molecule has 1 atom stereocenters. The maximum atomic E-state index is 13.0. The molecular weight excluding hydrogens is 388 g/mol. The molecule has 2 aromatic rings. The summed E-state index contributed by atoms with van der Waals surface area (Å²) in [7, 11) is 0. The summed E-state index contributed by atoms with van der Waals surface area (Å²) in [5.41, 5.74) is 2.45. The van der Waals surface area contributed by atoms with Gasteiger partial charge in [-0.3, -0.25) is 19.5 Å². The number of hydrogen-bond donors (Lipinski definition) is 1. The highest BCUT2D eigenvalue weighted by Crippen LogP contribution is 2.24. The summed E-state index contributed by atoms with van der Waals surface area (Å²) >= 11 is 0. The minimum absolute atomic E-state index is 0.0405. The minimum Gasteiger partial charge on any atom is -0.353 e. The van der Waals surface area contributed by atoms with Crippen LogP contribution in [0, 0.1) is 5.92 Å². The van der Waals surface area contributed by atoms with Crippen molar-refractivity contribution in [3.63, 3.8) is 0 Å². The number of amides is 2. The van der Waals surface area contributed by atoms with Crippen LogP contribution in [0.3, 0.4) is 0 Å². The van der Waals surface area contributed by atoms with Crippen LogP contribution >= 0.6 is 0 Å². The average molecular weight is 421 g/mol. The molecule has 4 rings (SSSR count). The van der Waals surface area contributed by atoms with Gasteiger partial charge >= 0.3 is 0 Å². The van der Waals surface area contributed by atoms with E-state index in [2.05, 4.69) is 45.5 Å². The van der Waals surface area contributed by atoms with Gasteiger partial charge in [-0.1, -0.05) is 36.4 Å². The molecule has 0 unspecified atom stereocenters. The normalized spacial score (nSPS) is 20.5. The lowest BCUT2D eigenvalue weighted by atomic mass is 9.90. The second-order valence-corrected chi connectivity index (χ2v) is 8.69. The summed E-state index contributed by atoms with van der Waals surface area (Å²) in [4.78, 5) is 33.8. The van der Waals surface area contributed by atoms with E-state index in [0.717, 1.165) is 44.5 Å². The Morgan fingerprint density at radius 3 is 2.55 bits per heavy atom. The maximum absolute atomic E-state index is 13.0. The van der Waals surface area contributed by atoms with Crippen LogP contribution in [0.25, 0.3) is 0 Å². The minimum atomic E-state index is -0.405. The first-order valence-corrected chi connectivity index (χ1v) is 11.4. The monoisotopic (exact) mass is 420 g/mol. The van der Waals surface area contributed by atoms with Gasteiger partial charge in [0.25, 0.3) is 0 Å². The molecule has 0 spiro atoms. The SMILES string of the molecule is O=C1NCCN(Cc2cccnc2)[C@@H]1CC(=O)N1CCC(CCc2ccccc2)CC1. The van der Waals surface area contributed by atoms with Gasteiger partial charge < -0.3 is 10.2 Å². The van der Waals surface area contributed by atoms with Gasteiger partial charge in [-0.15, -0.1) is 0 Å². The lowest BCUT2D eigenvalue weighted by Crippen LogP contribution is -2.56. The first-order chi connectivity index (χ1) is 15.2. The molecule has 0 bridgehead atoms. The Hall–Kier alpha value is -2.73. The van der Waals surface area contributed by atoms with Gasteiger partial charge in [0.1, 0.15) is 0 Å². The van der Waals surface area contributed by atoms with E-state index in [9.17, 15) is 9.59 Å². The van der Waals surface area contributed by atoms with Crippen molar-refractivity contribution in [3.05, 3.63) is 66.0 Å². The Balaban J connectivity index is 1.27. The number of pyridine rings is 1. The van der Waals surface area contributed by atoms with Crippen molar-refractivity contribution in [2.24, 2.45) is 5.92 Å². The highest BCUT2D eigenvalue weighted by Gasteiger charge is 2.33. The number of aromatic nitrogens is 1. The number of nitrogens with one attached hydrogen (secondary N) is 1. The summed E-state index contributed by atoms with van der Waals surface area (Å²) < 4.78 is 0. The van der Waals surface area contributed by atoms with Crippen molar-refractivity contribution in [1.29, 1.82) is 0 Å². The fourth-order valence-corrected chi connectivity index (χ4v) is 4.68. The van der Waals surface area contributed by atoms with E-state index in [0.29, 0.717) is 19.0 Å². The van der Waals surface area contributed by atoms with E-state index < -0.39 is 6.04 Å². The zero-order chi connectivity index (χ0) is 21.5. The first kappa shape index (κ1) is 21.5. The molecule has 0 saturated carbocycles. The number of likely N-dealkylation sites (tertiary alicyclic amines) is 1. The van der Waals surface area contributed by atoms with Gasteiger partial charge in [0, 0.05) is 45.1 Å². The van der Waals surface area contributed by atoms with Crippen molar-refractivity contribution < 1.29 is 9.59 Å². The predicted molar refractivity (Wildman–Crippen MR) is 120 cm³/mol. The third-order valence-corrected chi connectivity index (χ3v) is 6.57. The number of hydrogen-bond acceptors (Lipinski definition) is 4. The smallest absolute Gasteiger partial charge is 0.237 e. The van der Waals surface area contributed by atoms with Crippen LogP contribution in [0.1, 0.15) is 36.8 Å². The van der Waals surface area contributed by atoms with Gasteiger partial charge in [-0.25, -0.2) is 0 Å². The van der Waals surface area contributed by atoms with Gasteiger partial charge in [-0.2, -0.15) is 0 Å². The van der Waals surface area contributed by atoms with Crippen LogP contribution in [0.2, 0.25) is 0 Å². The third kappa shape index (κ3) is 5.91. The lowest BCUT2D eigenvalue weighted by molar-refractivity contribution is -0.140. The van der Waals surface area contributed by atoms with Gasteiger partial charge in [0.2, 0.25) is 11.8 Å². The van der Waals surface area contributed by atoms with Crippen LogP contribution < -0.4 is 5.32 Å². The quantitative estimate of drug-likeness (QED) is 0.748. The summed E-state index contributed by atoms with van der Waals surface area (Å²) in [6, 6.07) is 14.1. The standard InChI is InChI=1S/C25H32N4O2/c30-24(28-14-10-21(11-15-28)9-8-20-5-2-1-3-6-20)17-23-25(31)27-13-16-29(23)19-22-7-4-12-26-18-22/h1-7,12,18,21,23H,8-11,13-17,19H2,(H,27,31)/t23-/m1/s1. The zero-order valence-corrected chi connectivity index (χ0v) is 18.1. The highest BCUT2D eigenvalue weighted by molar-refractivity contribution is 5.88. The van der Waals surface area contributed by atoms with E-state index >= 15 is 0 Å². The highest BCUT2D eigenvalue weighted by atomic mass is 16.2.